The van der Waals surface area contributed by atoms with Gasteiger partial charge in [-0.05, 0) is 22.0 Å². The Kier molecular flexibility index (Phi) is 4.24. The first-order chi connectivity index (χ1) is 10.1. The maximum absolute atomic E-state index is 9.93. The molecule has 0 unspecified atom stereocenters. The number of aliphatic hydroxyl groups excluding tert-OH is 3. The third-order valence-electron chi connectivity index (χ3n) is 3.83. The summed E-state index contributed by atoms with van der Waals surface area (Å²) in [6.07, 6.45) is 0.898. The number of aromatic nitrogens is 1. The number of rotatable bonds is 2. The zero-order valence-corrected chi connectivity index (χ0v) is 12.8. The molecule has 1 aliphatic heterocycles. The minimum Gasteiger partial charge on any atom is -0.394 e. The first kappa shape index (κ1) is 14.9. The molecular weight excluding hydrogens is 338 g/mol. The zero-order valence-electron chi connectivity index (χ0n) is 11.3. The van der Waals surface area contributed by atoms with Crippen LogP contribution in [-0.2, 0) is 4.74 Å². The molecular formula is C15H17BrNO4+. The van der Waals surface area contributed by atoms with Crippen molar-refractivity contribution in [2.75, 3.05) is 6.61 Å². The highest BCUT2D eigenvalue weighted by molar-refractivity contribution is 9.10. The number of nitrogens with zero attached hydrogens (tertiary/aromatic N) is 1. The van der Waals surface area contributed by atoms with Crippen LogP contribution in [0.4, 0.5) is 0 Å². The quantitative estimate of drug-likeness (QED) is 0.700. The molecule has 5 nitrogen and oxygen atoms in total. The predicted molar refractivity (Wildman–Crippen MR) is 79.5 cm³/mol. The molecule has 1 aromatic heterocycles. The Morgan fingerprint density at radius 1 is 1.24 bits per heavy atom. The van der Waals surface area contributed by atoms with Crippen molar-refractivity contribution in [2.24, 2.45) is 0 Å². The van der Waals surface area contributed by atoms with Crippen LogP contribution < -0.4 is 4.57 Å². The van der Waals surface area contributed by atoms with E-state index >= 15 is 0 Å². The molecule has 1 aliphatic rings. The van der Waals surface area contributed by atoms with E-state index in [9.17, 15) is 15.3 Å². The van der Waals surface area contributed by atoms with Crippen LogP contribution in [-0.4, -0.2) is 40.2 Å². The van der Waals surface area contributed by atoms with Crippen LogP contribution in [0, 0.1) is 0 Å². The average Bonchev–Trinajstić information content (AvgIpc) is 2.50. The fourth-order valence-corrected chi connectivity index (χ4v) is 3.26. The van der Waals surface area contributed by atoms with Gasteiger partial charge in [-0.15, -0.1) is 0 Å². The van der Waals surface area contributed by atoms with Gasteiger partial charge in [0.1, 0.15) is 12.2 Å². The normalized spacial score (nSPS) is 29.7. The Bertz CT molecular complexity index is 651. The van der Waals surface area contributed by atoms with Gasteiger partial charge < -0.3 is 20.1 Å². The summed E-state index contributed by atoms with van der Waals surface area (Å²) in [4.78, 5) is 0. The van der Waals surface area contributed by atoms with Crippen molar-refractivity contribution in [3.05, 3.63) is 41.1 Å². The summed E-state index contributed by atoms with van der Waals surface area (Å²) in [5.41, 5.74) is 0. The van der Waals surface area contributed by atoms with Gasteiger partial charge in [-0.3, -0.25) is 0 Å². The summed E-state index contributed by atoms with van der Waals surface area (Å²) in [6, 6.07) is 7.93. The average molecular weight is 355 g/mol. The van der Waals surface area contributed by atoms with Crippen molar-refractivity contribution in [1.29, 1.82) is 0 Å². The smallest absolute Gasteiger partial charge is 0.265 e. The summed E-state index contributed by atoms with van der Waals surface area (Å²) in [5.74, 6) is 0. The highest BCUT2D eigenvalue weighted by Crippen LogP contribution is 2.26. The lowest BCUT2D eigenvalue weighted by molar-refractivity contribution is -0.769. The molecule has 4 atom stereocenters. The van der Waals surface area contributed by atoms with Crippen LogP contribution >= 0.6 is 15.9 Å². The maximum atomic E-state index is 9.93. The largest absolute Gasteiger partial charge is 0.394 e. The highest BCUT2D eigenvalue weighted by Gasteiger charge is 2.40. The monoisotopic (exact) mass is 354 g/mol. The minimum absolute atomic E-state index is 0.271. The molecule has 0 saturated carbocycles. The molecule has 3 rings (SSSR count). The van der Waals surface area contributed by atoms with Gasteiger partial charge in [0.25, 0.3) is 6.23 Å². The first-order valence-electron chi connectivity index (χ1n) is 6.81. The number of aliphatic hydroxyl groups is 3. The van der Waals surface area contributed by atoms with Gasteiger partial charge >= 0.3 is 0 Å². The molecule has 6 heteroatoms. The van der Waals surface area contributed by atoms with Gasteiger partial charge in [-0.1, -0.05) is 18.2 Å². The van der Waals surface area contributed by atoms with Gasteiger partial charge in [0.05, 0.1) is 23.6 Å². The third kappa shape index (κ3) is 2.82. The van der Waals surface area contributed by atoms with Crippen LogP contribution in [0.15, 0.2) is 41.1 Å². The minimum atomic E-state index is -1.06. The number of hydrogen-bond donors (Lipinski definition) is 3. The van der Waals surface area contributed by atoms with Gasteiger partial charge in [0.2, 0.25) is 0 Å². The second-order valence-electron chi connectivity index (χ2n) is 5.25. The van der Waals surface area contributed by atoms with Gasteiger partial charge in [-0.25, -0.2) is 0 Å². The molecule has 21 heavy (non-hydrogen) atoms. The first-order valence-corrected chi connectivity index (χ1v) is 7.61. The van der Waals surface area contributed by atoms with Gasteiger partial charge in [-0.2, -0.15) is 4.57 Å². The van der Waals surface area contributed by atoms with Crippen LogP contribution in [0.5, 0.6) is 0 Å². The molecule has 0 spiro atoms. The van der Waals surface area contributed by atoms with E-state index < -0.39 is 24.5 Å². The molecule has 1 saturated heterocycles. The van der Waals surface area contributed by atoms with Crippen molar-refractivity contribution in [3.8, 4) is 0 Å². The molecule has 2 heterocycles. The third-order valence-corrected chi connectivity index (χ3v) is 4.46. The number of halogens is 1. The van der Waals surface area contributed by atoms with Crippen LogP contribution in [0.25, 0.3) is 10.8 Å². The van der Waals surface area contributed by atoms with Crippen LogP contribution in [0.2, 0.25) is 0 Å². The second kappa shape index (κ2) is 5.98. The summed E-state index contributed by atoms with van der Waals surface area (Å²) < 4.78 is 8.46. The van der Waals surface area contributed by atoms with E-state index in [0.29, 0.717) is 0 Å². The van der Waals surface area contributed by atoms with Gasteiger partial charge in [0.15, 0.2) is 12.4 Å². The summed E-state index contributed by atoms with van der Waals surface area (Å²) in [6.45, 7) is -0.329. The van der Waals surface area contributed by atoms with E-state index in [1.165, 1.54) is 0 Å². The molecule has 2 aromatic rings. The SMILES string of the molecule is OC[C@H]1O[C@H]([n+]2cc(Br)c3ccccc3c2)C[C@@H](O)[C@@H]1O. The highest BCUT2D eigenvalue weighted by atomic mass is 79.9. The fraction of sp³-hybridized carbons (Fsp3) is 0.400. The number of hydrogen-bond acceptors (Lipinski definition) is 4. The summed E-state index contributed by atoms with van der Waals surface area (Å²) in [7, 11) is 0. The van der Waals surface area contributed by atoms with Crippen molar-refractivity contribution in [1.82, 2.24) is 0 Å². The number of pyridine rings is 1. The predicted octanol–water partition coefficient (Wildman–Crippen LogP) is 0.891. The van der Waals surface area contributed by atoms with Crippen molar-refractivity contribution in [3.63, 3.8) is 0 Å². The van der Waals surface area contributed by atoms with Crippen LogP contribution in [0.3, 0.4) is 0 Å². The number of benzene rings is 1. The zero-order chi connectivity index (χ0) is 15.0. The Labute approximate surface area is 130 Å². The Morgan fingerprint density at radius 2 is 2.00 bits per heavy atom. The van der Waals surface area contributed by atoms with E-state index in [1.54, 1.807) is 0 Å². The van der Waals surface area contributed by atoms with E-state index in [0.717, 1.165) is 15.2 Å². The molecule has 3 N–H and O–H groups in total. The fourth-order valence-electron chi connectivity index (χ4n) is 2.67. The second-order valence-corrected chi connectivity index (χ2v) is 6.10. The Balaban J connectivity index is 1.96. The van der Waals surface area contributed by atoms with Gasteiger partial charge in [0, 0.05) is 10.8 Å². The molecule has 1 fully saturated rings. The lowest BCUT2D eigenvalue weighted by Crippen LogP contribution is -2.54. The molecule has 112 valence electrons. The van der Waals surface area contributed by atoms with Crippen molar-refractivity contribution >= 4 is 26.7 Å². The Hall–Kier alpha value is -1.05. The number of fused-ring (bicyclic) bond motifs is 1. The standard InChI is InChI=1S/C15H17BrNO4/c16-11-7-17(6-9-3-1-2-4-10(9)11)14-5-12(19)15(20)13(8-18)21-14/h1-4,6-7,12-15,18-20H,5,8H2/q+1/t12-,13-,14+,15+/m1/s1. The summed E-state index contributed by atoms with van der Waals surface area (Å²) >= 11 is 3.54. The topological polar surface area (TPSA) is 73.8 Å². The Morgan fingerprint density at radius 3 is 2.76 bits per heavy atom. The molecule has 0 aliphatic carbocycles. The lowest BCUT2D eigenvalue weighted by Gasteiger charge is -2.33. The van der Waals surface area contributed by atoms with Crippen molar-refractivity contribution in [2.45, 2.75) is 31.0 Å². The molecule has 0 amide bonds. The van der Waals surface area contributed by atoms with E-state index in [-0.39, 0.29) is 13.0 Å². The molecule has 0 radical (unpaired) electrons. The van der Waals surface area contributed by atoms with Crippen LogP contribution in [0.1, 0.15) is 12.6 Å². The van der Waals surface area contributed by atoms with E-state index in [2.05, 4.69) is 15.9 Å². The maximum Gasteiger partial charge on any atom is 0.265 e. The molecule has 0 bridgehead atoms. The van der Waals surface area contributed by atoms with E-state index in [4.69, 9.17) is 4.74 Å². The molecule has 1 aromatic carbocycles. The van der Waals surface area contributed by atoms with E-state index in [1.807, 2.05) is 41.2 Å². The van der Waals surface area contributed by atoms with Crippen molar-refractivity contribution < 1.29 is 24.6 Å². The summed E-state index contributed by atoms with van der Waals surface area (Å²) in [5, 5.41) is 31.1. The lowest BCUT2D eigenvalue weighted by atomic mass is 10.0. The number of ether oxygens (including phenoxy) is 1.